The fraction of sp³-hybridized carbons (Fsp3) is 0.714. The van der Waals surface area contributed by atoms with E-state index < -0.39 is 38.8 Å². The average Bonchev–Trinajstić information content (AvgIpc) is 2.17. The molecule has 1 rings (SSSR count). The highest BCUT2D eigenvalue weighted by Gasteiger charge is 2.40. The summed E-state index contributed by atoms with van der Waals surface area (Å²) in [5.41, 5.74) is -0.0729. The zero-order valence-electron chi connectivity index (χ0n) is 8.04. The van der Waals surface area contributed by atoms with E-state index in [0.717, 1.165) is 6.08 Å². The van der Waals surface area contributed by atoms with Gasteiger partial charge in [-0.15, -0.1) is 0 Å². The van der Waals surface area contributed by atoms with Gasteiger partial charge in [0.1, 0.15) is 24.4 Å². The van der Waals surface area contributed by atoms with Gasteiger partial charge in [-0.05, 0) is 11.6 Å². The Kier molecular flexibility index (Phi) is 4.22. The van der Waals surface area contributed by atoms with Gasteiger partial charge in [0.25, 0.3) is 0 Å². The lowest BCUT2D eigenvalue weighted by molar-refractivity contribution is -0.0928. The summed E-state index contributed by atoms with van der Waals surface area (Å²) < 4.78 is 14.8. The normalized spacial score (nSPS) is 36.0. The summed E-state index contributed by atoms with van der Waals surface area (Å²) in [5, 5.41) is 36.9. The van der Waals surface area contributed by atoms with E-state index in [2.05, 4.69) is 4.52 Å². The van der Waals surface area contributed by atoms with Crippen molar-refractivity contribution in [2.75, 3.05) is 6.61 Å². The quantitative estimate of drug-likeness (QED) is 0.239. The van der Waals surface area contributed by atoms with Crippen molar-refractivity contribution in [3.8, 4) is 0 Å². The maximum absolute atomic E-state index is 10.6. The molecule has 94 valence electrons. The molecule has 0 aromatic rings. The van der Waals surface area contributed by atoms with Crippen molar-refractivity contribution < 1.29 is 39.3 Å². The number of phosphoric acid groups is 1. The highest BCUT2D eigenvalue weighted by molar-refractivity contribution is 7.46. The maximum atomic E-state index is 10.6. The van der Waals surface area contributed by atoms with Crippen molar-refractivity contribution in [2.24, 2.45) is 0 Å². The predicted octanol–water partition coefficient (Wildman–Crippen LogP) is -2.52. The van der Waals surface area contributed by atoms with Crippen LogP contribution < -0.4 is 0 Å². The van der Waals surface area contributed by atoms with Crippen LogP contribution in [0.25, 0.3) is 0 Å². The second kappa shape index (κ2) is 4.91. The first-order valence-corrected chi connectivity index (χ1v) is 5.89. The lowest BCUT2D eigenvalue weighted by atomic mass is 9.90. The molecule has 0 spiro atoms. The van der Waals surface area contributed by atoms with E-state index in [1.165, 1.54) is 0 Å². The molecule has 0 unspecified atom stereocenters. The van der Waals surface area contributed by atoms with Gasteiger partial charge in [-0.3, -0.25) is 4.52 Å². The summed E-state index contributed by atoms with van der Waals surface area (Å²) in [6, 6.07) is 0. The molecule has 0 saturated heterocycles. The first-order chi connectivity index (χ1) is 7.26. The van der Waals surface area contributed by atoms with Gasteiger partial charge in [-0.25, -0.2) is 4.57 Å². The van der Waals surface area contributed by atoms with Gasteiger partial charge in [-0.1, -0.05) is 0 Å². The fourth-order valence-corrected chi connectivity index (χ4v) is 1.91. The number of aliphatic hydroxyl groups is 4. The fourth-order valence-electron chi connectivity index (χ4n) is 1.41. The van der Waals surface area contributed by atoms with Gasteiger partial charge in [0, 0.05) is 0 Å². The first-order valence-electron chi connectivity index (χ1n) is 4.36. The minimum Gasteiger partial charge on any atom is -0.392 e. The SMILES string of the molecule is O=P(O)(O)O[C@H]1C=C(CO)[C@@H](O)[C@H](O)[C@H]1O. The summed E-state index contributed by atoms with van der Waals surface area (Å²) in [7, 11) is -4.83. The molecule has 16 heavy (non-hydrogen) atoms. The topological polar surface area (TPSA) is 148 Å². The average molecular weight is 256 g/mol. The second-order valence-corrected chi connectivity index (χ2v) is 4.58. The zero-order chi connectivity index (χ0) is 12.5. The van der Waals surface area contributed by atoms with E-state index in [1.54, 1.807) is 0 Å². The third-order valence-electron chi connectivity index (χ3n) is 2.21. The van der Waals surface area contributed by atoms with Crippen molar-refractivity contribution >= 4 is 7.82 Å². The van der Waals surface area contributed by atoms with Gasteiger partial charge >= 0.3 is 7.82 Å². The lowest BCUT2D eigenvalue weighted by Gasteiger charge is -2.33. The van der Waals surface area contributed by atoms with Crippen molar-refractivity contribution in [3.63, 3.8) is 0 Å². The van der Waals surface area contributed by atoms with Crippen molar-refractivity contribution in [3.05, 3.63) is 11.6 Å². The summed E-state index contributed by atoms with van der Waals surface area (Å²) in [5.74, 6) is 0. The third kappa shape index (κ3) is 3.09. The Balaban J connectivity index is 2.92. The number of rotatable bonds is 3. The number of phosphoric ester groups is 1. The van der Waals surface area contributed by atoms with Gasteiger partial charge in [0.2, 0.25) is 0 Å². The standard InChI is InChI=1S/C7H13O8P/c8-2-3-1-4(15-16(12,13)14)6(10)7(11)5(3)9/h1,4-11H,2H2,(H2,12,13,14)/t4-,5+,6-,7-/m0/s1. The van der Waals surface area contributed by atoms with Crippen molar-refractivity contribution in [2.45, 2.75) is 24.4 Å². The molecule has 8 nitrogen and oxygen atoms in total. The maximum Gasteiger partial charge on any atom is 0.470 e. The minimum atomic E-state index is -4.83. The van der Waals surface area contributed by atoms with E-state index in [-0.39, 0.29) is 5.57 Å². The van der Waals surface area contributed by atoms with Gasteiger partial charge < -0.3 is 30.2 Å². The largest absolute Gasteiger partial charge is 0.470 e. The molecule has 1 aliphatic carbocycles. The van der Waals surface area contributed by atoms with E-state index in [4.69, 9.17) is 14.9 Å². The third-order valence-corrected chi connectivity index (χ3v) is 2.73. The second-order valence-electron chi connectivity index (χ2n) is 3.39. The monoisotopic (exact) mass is 256 g/mol. The molecule has 0 heterocycles. The Morgan fingerprint density at radius 1 is 1.25 bits per heavy atom. The lowest BCUT2D eigenvalue weighted by Crippen LogP contribution is -2.49. The Morgan fingerprint density at radius 3 is 2.25 bits per heavy atom. The van der Waals surface area contributed by atoms with Gasteiger partial charge in [0.15, 0.2) is 0 Å². The smallest absolute Gasteiger partial charge is 0.392 e. The van der Waals surface area contributed by atoms with Crippen LogP contribution in [-0.2, 0) is 9.09 Å². The summed E-state index contributed by atoms with van der Waals surface area (Å²) in [4.78, 5) is 17.1. The highest BCUT2D eigenvalue weighted by Crippen LogP contribution is 2.40. The Labute approximate surface area is 90.7 Å². The van der Waals surface area contributed by atoms with Crippen LogP contribution in [-0.4, -0.2) is 61.2 Å². The molecule has 0 aliphatic heterocycles. The van der Waals surface area contributed by atoms with E-state index >= 15 is 0 Å². The van der Waals surface area contributed by atoms with Crippen LogP contribution in [0.4, 0.5) is 0 Å². The van der Waals surface area contributed by atoms with Crippen molar-refractivity contribution in [1.82, 2.24) is 0 Å². The molecule has 0 fully saturated rings. The van der Waals surface area contributed by atoms with Gasteiger partial charge in [0.05, 0.1) is 6.61 Å². The Hall–Kier alpha value is -0.310. The molecule has 0 amide bonds. The van der Waals surface area contributed by atoms with Crippen LogP contribution in [0, 0.1) is 0 Å². The Morgan fingerprint density at radius 2 is 1.81 bits per heavy atom. The molecular formula is C7H13O8P. The molecule has 6 N–H and O–H groups in total. The van der Waals surface area contributed by atoms with Crippen LogP contribution in [0.5, 0.6) is 0 Å². The molecule has 1 aliphatic rings. The van der Waals surface area contributed by atoms with E-state index in [1.807, 2.05) is 0 Å². The summed E-state index contributed by atoms with van der Waals surface area (Å²) >= 11 is 0. The van der Waals surface area contributed by atoms with E-state index in [9.17, 15) is 19.9 Å². The molecule has 0 aromatic carbocycles. The van der Waals surface area contributed by atoms with Crippen LogP contribution >= 0.6 is 7.82 Å². The molecule has 0 saturated carbocycles. The number of aliphatic hydroxyl groups excluding tert-OH is 4. The Bertz CT molecular complexity index is 322. The minimum absolute atomic E-state index is 0.0729. The molecule has 4 atom stereocenters. The van der Waals surface area contributed by atoms with Crippen molar-refractivity contribution in [1.29, 1.82) is 0 Å². The van der Waals surface area contributed by atoms with Crippen LogP contribution in [0.15, 0.2) is 11.6 Å². The zero-order valence-corrected chi connectivity index (χ0v) is 8.94. The molecule has 0 radical (unpaired) electrons. The molecule has 0 aromatic heterocycles. The summed E-state index contributed by atoms with van der Waals surface area (Å²) in [6.45, 7) is -0.619. The van der Waals surface area contributed by atoms with Crippen LogP contribution in [0.3, 0.4) is 0 Å². The van der Waals surface area contributed by atoms with Crippen LogP contribution in [0.2, 0.25) is 0 Å². The van der Waals surface area contributed by atoms with Gasteiger partial charge in [-0.2, -0.15) is 0 Å². The predicted molar refractivity (Wildman–Crippen MR) is 50.1 cm³/mol. The van der Waals surface area contributed by atoms with Crippen LogP contribution in [0.1, 0.15) is 0 Å². The number of hydrogen-bond acceptors (Lipinski definition) is 6. The summed E-state index contributed by atoms with van der Waals surface area (Å²) in [6.07, 6.45) is -5.36. The number of hydrogen-bond donors (Lipinski definition) is 6. The molecular weight excluding hydrogens is 243 g/mol. The first kappa shape index (κ1) is 13.8. The highest BCUT2D eigenvalue weighted by atomic mass is 31.2. The molecule has 0 bridgehead atoms. The van der Waals surface area contributed by atoms with E-state index in [0.29, 0.717) is 0 Å². The molecule has 9 heteroatoms.